The monoisotopic (exact) mass is 527 g/mol. The minimum atomic E-state index is -0.847. The van der Waals surface area contributed by atoms with E-state index in [-0.39, 0.29) is 22.9 Å². The van der Waals surface area contributed by atoms with Crippen LogP contribution in [-0.4, -0.2) is 29.5 Å². The van der Waals surface area contributed by atoms with Gasteiger partial charge in [0.15, 0.2) is 0 Å². The minimum Gasteiger partial charge on any atom is -0.507 e. The van der Waals surface area contributed by atoms with Crippen LogP contribution in [0.25, 0.3) is 5.76 Å². The smallest absolute Gasteiger partial charge is 0.300 e. The van der Waals surface area contributed by atoms with E-state index in [0.717, 1.165) is 12.0 Å². The number of amides is 1. The topological polar surface area (TPSA) is 76.1 Å². The van der Waals surface area contributed by atoms with Crippen molar-refractivity contribution >= 4 is 23.1 Å². The maximum atomic E-state index is 13.7. The fourth-order valence-electron chi connectivity index (χ4n) is 4.70. The van der Waals surface area contributed by atoms with Crippen LogP contribution in [0.15, 0.2) is 78.4 Å². The molecule has 1 aliphatic heterocycles. The Morgan fingerprint density at radius 2 is 1.67 bits per heavy atom. The number of nitrogens with zero attached hydrogens (tertiary/aromatic N) is 1. The van der Waals surface area contributed by atoms with E-state index in [1.165, 1.54) is 4.90 Å². The van der Waals surface area contributed by atoms with Gasteiger partial charge < -0.3 is 14.6 Å². The first-order chi connectivity index (χ1) is 18.5. The zero-order valence-electron chi connectivity index (χ0n) is 23.5. The predicted molar refractivity (Wildman–Crippen MR) is 154 cm³/mol. The molecule has 4 rings (SSSR count). The van der Waals surface area contributed by atoms with Crippen molar-refractivity contribution in [3.63, 3.8) is 0 Å². The number of carbonyl (C=O) groups excluding carboxylic acids is 2. The molecule has 1 unspecified atom stereocenters. The molecule has 0 aliphatic carbocycles. The first kappa shape index (κ1) is 28.0. The quantitative estimate of drug-likeness (QED) is 0.191. The first-order valence-corrected chi connectivity index (χ1v) is 13.4. The number of aliphatic hydroxyl groups excluding tert-OH is 1. The number of Topliss-reactive ketones (excluding diaryl/α,β-unsaturated/α-hetero) is 1. The van der Waals surface area contributed by atoms with Gasteiger partial charge in [0.2, 0.25) is 0 Å². The number of para-hydroxylation sites is 2. The molecule has 6 nitrogen and oxygen atoms in total. The van der Waals surface area contributed by atoms with Crippen molar-refractivity contribution in [1.29, 1.82) is 0 Å². The van der Waals surface area contributed by atoms with Gasteiger partial charge >= 0.3 is 0 Å². The van der Waals surface area contributed by atoms with Gasteiger partial charge in [0, 0.05) is 5.56 Å². The molecule has 0 radical (unpaired) electrons. The number of rotatable bonds is 8. The molecule has 3 aromatic carbocycles. The summed E-state index contributed by atoms with van der Waals surface area (Å²) < 4.78 is 11.8. The lowest BCUT2D eigenvalue weighted by atomic mass is 9.85. The highest BCUT2D eigenvalue weighted by Gasteiger charge is 2.47. The molecule has 39 heavy (non-hydrogen) atoms. The van der Waals surface area contributed by atoms with Crippen molar-refractivity contribution in [2.75, 3.05) is 11.5 Å². The summed E-state index contributed by atoms with van der Waals surface area (Å²) >= 11 is 0. The molecule has 6 heteroatoms. The molecule has 0 bridgehead atoms. The van der Waals surface area contributed by atoms with Gasteiger partial charge in [-0.1, -0.05) is 76.2 Å². The Hall–Kier alpha value is -4.06. The van der Waals surface area contributed by atoms with Gasteiger partial charge in [-0.05, 0) is 61.1 Å². The molecule has 1 N–H and O–H groups in total. The van der Waals surface area contributed by atoms with Gasteiger partial charge in [-0.25, -0.2) is 0 Å². The number of benzene rings is 3. The van der Waals surface area contributed by atoms with Gasteiger partial charge in [-0.3, -0.25) is 14.5 Å². The molecule has 0 spiro atoms. The summed E-state index contributed by atoms with van der Waals surface area (Å²) in [5, 5.41) is 11.6. The third kappa shape index (κ3) is 5.85. The maximum Gasteiger partial charge on any atom is 0.300 e. The Morgan fingerprint density at radius 3 is 2.31 bits per heavy atom. The van der Waals surface area contributed by atoms with Gasteiger partial charge in [0.25, 0.3) is 11.7 Å². The van der Waals surface area contributed by atoms with Crippen LogP contribution in [0.1, 0.15) is 70.7 Å². The molecular formula is C33H37NO5. The van der Waals surface area contributed by atoms with Crippen LogP contribution >= 0.6 is 0 Å². The van der Waals surface area contributed by atoms with E-state index < -0.39 is 17.7 Å². The number of carbonyl (C=O) groups is 2. The van der Waals surface area contributed by atoms with E-state index >= 15 is 0 Å². The second-order valence-corrected chi connectivity index (χ2v) is 11.1. The largest absolute Gasteiger partial charge is 0.507 e. The number of ether oxygens (including phenoxy) is 2. The zero-order valence-corrected chi connectivity index (χ0v) is 23.5. The fourth-order valence-corrected chi connectivity index (χ4v) is 4.70. The lowest BCUT2D eigenvalue weighted by Crippen LogP contribution is -2.30. The SMILES string of the molecule is CCCOc1ccccc1N1C(=O)C(=O)/C(=C(\O)c2cccc(OC(C)C)c2)C1c1ccc(C(C)(C)C)cc1. The molecule has 1 amide bonds. The maximum absolute atomic E-state index is 13.7. The number of hydrogen-bond acceptors (Lipinski definition) is 5. The van der Waals surface area contributed by atoms with Crippen molar-refractivity contribution in [1.82, 2.24) is 0 Å². The van der Waals surface area contributed by atoms with Crippen LogP contribution in [0.3, 0.4) is 0 Å². The van der Waals surface area contributed by atoms with E-state index in [1.54, 1.807) is 42.5 Å². The summed E-state index contributed by atoms with van der Waals surface area (Å²) in [4.78, 5) is 28.7. The third-order valence-electron chi connectivity index (χ3n) is 6.60. The molecule has 1 heterocycles. The average molecular weight is 528 g/mol. The Bertz CT molecular complexity index is 1380. The van der Waals surface area contributed by atoms with Crippen molar-refractivity contribution in [2.24, 2.45) is 0 Å². The summed E-state index contributed by atoms with van der Waals surface area (Å²) in [7, 11) is 0. The van der Waals surface area contributed by atoms with Crippen LogP contribution in [0, 0.1) is 0 Å². The average Bonchev–Trinajstić information content (AvgIpc) is 3.16. The summed E-state index contributed by atoms with van der Waals surface area (Å²) in [5.74, 6) is -0.652. The van der Waals surface area contributed by atoms with E-state index in [1.807, 2.05) is 51.1 Å². The Labute approximate surface area is 230 Å². The molecule has 1 aliphatic rings. The Morgan fingerprint density at radius 1 is 0.974 bits per heavy atom. The minimum absolute atomic E-state index is 0.0236. The van der Waals surface area contributed by atoms with Gasteiger partial charge in [-0.15, -0.1) is 0 Å². The number of anilines is 1. The van der Waals surface area contributed by atoms with Crippen LogP contribution in [0.2, 0.25) is 0 Å². The summed E-state index contributed by atoms with van der Waals surface area (Å²) in [5.41, 5.74) is 2.66. The lowest BCUT2D eigenvalue weighted by molar-refractivity contribution is -0.132. The standard InChI is InChI=1S/C33H37NO5/c1-7-19-38-27-14-9-8-13-26(27)34-29(22-15-17-24(18-16-22)33(4,5)6)28(31(36)32(34)37)30(35)23-11-10-12-25(20-23)39-21(2)3/h8-18,20-21,29,35H,7,19H2,1-6H3/b30-28-. The normalized spacial score (nSPS) is 17.1. The number of hydrogen-bond donors (Lipinski definition) is 1. The first-order valence-electron chi connectivity index (χ1n) is 13.4. The fraction of sp³-hybridized carbons (Fsp3) is 0.333. The summed E-state index contributed by atoms with van der Waals surface area (Å²) in [6.07, 6.45) is 0.730. The van der Waals surface area contributed by atoms with Gasteiger partial charge in [0.1, 0.15) is 17.3 Å². The summed E-state index contributed by atoms with van der Waals surface area (Å²) in [6.45, 7) is 12.7. The lowest BCUT2D eigenvalue weighted by Gasteiger charge is -2.28. The van der Waals surface area contributed by atoms with E-state index in [0.29, 0.717) is 34.9 Å². The molecule has 1 fully saturated rings. The highest BCUT2D eigenvalue weighted by atomic mass is 16.5. The highest BCUT2D eigenvalue weighted by Crippen LogP contribution is 2.45. The Balaban J connectivity index is 1.92. The highest BCUT2D eigenvalue weighted by molar-refractivity contribution is 6.52. The van der Waals surface area contributed by atoms with Crippen LogP contribution < -0.4 is 14.4 Å². The molecule has 0 saturated carbocycles. The second kappa shape index (κ2) is 11.4. The molecule has 0 aromatic heterocycles. The number of aliphatic hydroxyl groups is 1. The molecular weight excluding hydrogens is 490 g/mol. The van der Waals surface area contributed by atoms with Crippen molar-refractivity contribution in [3.8, 4) is 11.5 Å². The molecule has 204 valence electrons. The van der Waals surface area contributed by atoms with Crippen LogP contribution in [0.4, 0.5) is 5.69 Å². The summed E-state index contributed by atoms with van der Waals surface area (Å²) in [6, 6.07) is 21.1. The van der Waals surface area contributed by atoms with Gasteiger partial charge in [0.05, 0.1) is 30.0 Å². The van der Waals surface area contributed by atoms with E-state index in [2.05, 4.69) is 20.8 Å². The number of ketones is 1. The Kier molecular flexibility index (Phi) is 8.14. The predicted octanol–water partition coefficient (Wildman–Crippen LogP) is 7.19. The second-order valence-electron chi connectivity index (χ2n) is 11.1. The van der Waals surface area contributed by atoms with Crippen LogP contribution in [0.5, 0.6) is 11.5 Å². The molecule has 3 aromatic rings. The van der Waals surface area contributed by atoms with E-state index in [4.69, 9.17) is 9.47 Å². The molecule has 1 saturated heterocycles. The van der Waals surface area contributed by atoms with E-state index in [9.17, 15) is 14.7 Å². The third-order valence-corrected chi connectivity index (χ3v) is 6.60. The zero-order chi connectivity index (χ0) is 28.3. The van der Waals surface area contributed by atoms with Gasteiger partial charge in [-0.2, -0.15) is 0 Å². The molecule has 1 atom stereocenters. The van der Waals surface area contributed by atoms with Crippen molar-refractivity contribution < 1.29 is 24.2 Å². The van der Waals surface area contributed by atoms with Crippen molar-refractivity contribution in [3.05, 3.63) is 95.1 Å². The van der Waals surface area contributed by atoms with Crippen LogP contribution in [-0.2, 0) is 15.0 Å². The van der Waals surface area contributed by atoms with Crippen molar-refractivity contribution in [2.45, 2.75) is 65.5 Å².